The number of rotatable bonds is 1. The number of benzene rings is 1. The van der Waals surface area contributed by atoms with Crippen LogP contribution in [-0.2, 0) is 0 Å². The van der Waals surface area contributed by atoms with Gasteiger partial charge in [-0.25, -0.2) is 4.98 Å². The molecule has 3 rings (SSSR count). The number of hydrogen-bond acceptors (Lipinski definition) is 4. The van der Waals surface area contributed by atoms with Crippen LogP contribution >= 0.6 is 0 Å². The van der Waals surface area contributed by atoms with Crippen molar-refractivity contribution in [2.45, 2.75) is 0 Å². The van der Waals surface area contributed by atoms with Crippen molar-refractivity contribution in [1.82, 2.24) is 19.6 Å². The maximum atomic E-state index is 5.75. The van der Waals surface area contributed by atoms with Crippen LogP contribution in [0.4, 0.5) is 5.69 Å². The molecule has 0 aliphatic heterocycles. The standard InChI is InChI=1S/C11H9N5/c12-9-3-1-2-8(6-9)10-4-5-13-11-14-7-15-16(10)11/h1-7H,12H2. The Labute approximate surface area is 91.6 Å². The van der Waals surface area contributed by atoms with Gasteiger partial charge in [0, 0.05) is 17.4 Å². The molecule has 0 amide bonds. The van der Waals surface area contributed by atoms with Crippen LogP contribution in [0, 0.1) is 0 Å². The van der Waals surface area contributed by atoms with Gasteiger partial charge in [0.1, 0.15) is 6.33 Å². The molecule has 0 aliphatic rings. The first-order valence-electron chi connectivity index (χ1n) is 4.85. The minimum absolute atomic E-state index is 0.583. The fraction of sp³-hybridized carbons (Fsp3) is 0. The van der Waals surface area contributed by atoms with Crippen LogP contribution in [0.5, 0.6) is 0 Å². The Morgan fingerprint density at radius 2 is 2.06 bits per heavy atom. The van der Waals surface area contributed by atoms with Crippen molar-refractivity contribution in [2.24, 2.45) is 0 Å². The van der Waals surface area contributed by atoms with Gasteiger partial charge in [0.2, 0.25) is 0 Å². The number of nitrogen functional groups attached to an aromatic ring is 1. The van der Waals surface area contributed by atoms with E-state index in [4.69, 9.17) is 5.73 Å². The summed E-state index contributed by atoms with van der Waals surface area (Å²) in [7, 11) is 0. The Morgan fingerprint density at radius 1 is 1.12 bits per heavy atom. The molecule has 0 unspecified atom stereocenters. The Bertz CT molecular complexity index is 643. The van der Waals surface area contributed by atoms with E-state index in [-0.39, 0.29) is 0 Å². The topological polar surface area (TPSA) is 69.1 Å². The maximum Gasteiger partial charge on any atom is 0.252 e. The lowest BCUT2D eigenvalue weighted by Crippen LogP contribution is -1.96. The van der Waals surface area contributed by atoms with Gasteiger partial charge in [-0.3, -0.25) is 0 Å². The molecule has 16 heavy (non-hydrogen) atoms. The molecular weight excluding hydrogens is 202 g/mol. The van der Waals surface area contributed by atoms with Crippen molar-refractivity contribution in [3.8, 4) is 11.3 Å². The summed E-state index contributed by atoms with van der Waals surface area (Å²) in [4.78, 5) is 8.14. The summed E-state index contributed by atoms with van der Waals surface area (Å²) >= 11 is 0. The quantitative estimate of drug-likeness (QED) is 0.617. The molecule has 0 atom stereocenters. The largest absolute Gasteiger partial charge is 0.399 e. The summed E-state index contributed by atoms with van der Waals surface area (Å²) in [5, 5.41) is 4.13. The fourth-order valence-corrected chi connectivity index (χ4v) is 1.66. The zero-order valence-electron chi connectivity index (χ0n) is 8.41. The summed E-state index contributed by atoms with van der Waals surface area (Å²) in [6, 6.07) is 9.52. The van der Waals surface area contributed by atoms with E-state index in [2.05, 4.69) is 15.1 Å². The van der Waals surface area contributed by atoms with Crippen molar-refractivity contribution in [2.75, 3.05) is 5.73 Å². The zero-order valence-corrected chi connectivity index (χ0v) is 8.41. The molecule has 0 saturated heterocycles. The van der Waals surface area contributed by atoms with Crippen molar-refractivity contribution < 1.29 is 0 Å². The first-order valence-corrected chi connectivity index (χ1v) is 4.85. The van der Waals surface area contributed by atoms with Gasteiger partial charge in [-0.1, -0.05) is 12.1 Å². The molecule has 0 bridgehead atoms. The molecule has 0 fully saturated rings. The summed E-state index contributed by atoms with van der Waals surface area (Å²) in [5.74, 6) is 0.583. The van der Waals surface area contributed by atoms with Gasteiger partial charge in [0.05, 0.1) is 5.69 Å². The second kappa shape index (κ2) is 3.30. The second-order valence-electron chi connectivity index (χ2n) is 3.43. The molecule has 2 N–H and O–H groups in total. The number of anilines is 1. The highest BCUT2D eigenvalue weighted by atomic mass is 15.3. The Morgan fingerprint density at radius 3 is 2.94 bits per heavy atom. The van der Waals surface area contributed by atoms with E-state index in [1.807, 2.05) is 30.3 Å². The number of hydrogen-bond donors (Lipinski definition) is 1. The van der Waals surface area contributed by atoms with E-state index < -0.39 is 0 Å². The molecule has 2 aromatic heterocycles. The highest BCUT2D eigenvalue weighted by Crippen LogP contribution is 2.20. The normalized spacial score (nSPS) is 10.8. The number of aromatic nitrogens is 4. The average Bonchev–Trinajstić information content (AvgIpc) is 2.76. The van der Waals surface area contributed by atoms with Gasteiger partial charge in [0.25, 0.3) is 5.78 Å². The van der Waals surface area contributed by atoms with Gasteiger partial charge >= 0.3 is 0 Å². The van der Waals surface area contributed by atoms with Gasteiger partial charge < -0.3 is 5.73 Å². The van der Waals surface area contributed by atoms with Gasteiger partial charge in [-0.15, -0.1) is 0 Å². The lowest BCUT2D eigenvalue weighted by Gasteiger charge is -2.04. The third-order valence-electron chi connectivity index (χ3n) is 2.36. The van der Waals surface area contributed by atoms with Crippen LogP contribution in [-0.4, -0.2) is 19.6 Å². The fourth-order valence-electron chi connectivity index (χ4n) is 1.66. The SMILES string of the molecule is Nc1cccc(-c2ccnc3ncnn23)c1. The Balaban J connectivity index is 2.29. The summed E-state index contributed by atoms with van der Waals surface area (Å²) in [6.45, 7) is 0. The van der Waals surface area contributed by atoms with Crippen molar-refractivity contribution in [3.63, 3.8) is 0 Å². The highest BCUT2D eigenvalue weighted by molar-refractivity contribution is 5.65. The second-order valence-corrected chi connectivity index (χ2v) is 3.43. The minimum atomic E-state index is 0.583. The molecule has 0 spiro atoms. The zero-order chi connectivity index (χ0) is 11.0. The van der Waals surface area contributed by atoms with Crippen molar-refractivity contribution in [1.29, 1.82) is 0 Å². The van der Waals surface area contributed by atoms with Crippen molar-refractivity contribution in [3.05, 3.63) is 42.9 Å². The maximum absolute atomic E-state index is 5.75. The lowest BCUT2D eigenvalue weighted by molar-refractivity contribution is 0.948. The van der Waals surface area contributed by atoms with Crippen LogP contribution in [0.3, 0.4) is 0 Å². The number of nitrogens with zero attached hydrogens (tertiary/aromatic N) is 4. The lowest BCUT2D eigenvalue weighted by atomic mass is 10.1. The van der Waals surface area contributed by atoms with Crippen LogP contribution < -0.4 is 5.73 Å². The molecule has 5 heteroatoms. The number of nitrogens with two attached hydrogens (primary N) is 1. The Hall–Kier alpha value is -2.43. The molecular formula is C11H9N5. The van der Waals surface area contributed by atoms with Crippen LogP contribution in [0.25, 0.3) is 17.0 Å². The summed E-state index contributed by atoms with van der Waals surface area (Å²) in [5.41, 5.74) is 8.40. The van der Waals surface area contributed by atoms with E-state index in [1.165, 1.54) is 6.33 Å². The Kier molecular flexibility index (Phi) is 1.83. The molecule has 0 aliphatic carbocycles. The first-order chi connectivity index (χ1) is 7.84. The van der Waals surface area contributed by atoms with E-state index in [0.29, 0.717) is 5.78 Å². The minimum Gasteiger partial charge on any atom is -0.399 e. The predicted octanol–water partition coefficient (Wildman–Crippen LogP) is 1.37. The van der Waals surface area contributed by atoms with Gasteiger partial charge in [0.15, 0.2) is 0 Å². The third kappa shape index (κ3) is 1.30. The van der Waals surface area contributed by atoms with Crippen LogP contribution in [0.2, 0.25) is 0 Å². The first kappa shape index (κ1) is 8.84. The van der Waals surface area contributed by atoms with Crippen LogP contribution in [0.15, 0.2) is 42.9 Å². The van der Waals surface area contributed by atoms with Gasteiger partial charge in [-0.2, -0.15) is 14.6 Å². The molecule has 2 heterocycles. The van der Waals surface area contributed by atoms with Crippen LogP contribution in [0.1, 0.15) is 0 Å². The number of fused-ring (bicyclic) bond motifs is 1. The van der Waals surface area contributed by atoms with Crippen molar-refractivity contribution >= 4 is 11.5 Å². The van der Waals surface area contributed by atoms with E-state index in [1.54, 1.807) is 10.7 Å². The summed E-state index contributed by atoms with van der Waals surface area (Å²) < 4.78 is 1.69. The smallest absolute Gasteiger partial charge is 0.252 e. The molecule has 0 radical (unpaired) electrons. The average molecular weight is 211 g/mol. The monoisotopic (exact) mass is 211 g/mol. The molecule has 1 aromatic carbocycles. The predicted molar refractivity (Wildman–Crippen MR) is 60.6 cm³/mol. The molecule has 78 valence electrons. The van der Waals surface area contributed by atoms with E-state index in [0.717, 1.165) is 16.9 Å². The van der Waals surface area contributed by atoms with E-state index >= 15 is 0 Å². The van der Waals surface area contributed by atoms with E-state index in [9.17, 15) is 0 Å². The third-order valence-corrected chi connectivity index (χ3v) is 2.36. The summed E-state index contributed by atoms with van der Waals surface area (Å²) in [6.07, 6.45) is 3.20. The molecule has 5 nitrogen and oxygen atoms in total. The van der Waals surface area contributed by atoms with Gasteiger partial charge in [-0.05, 0) is 18.2 Å². The molecule has 0 saturated carbocycles. The molecule has 3 aromatic rings. The highest BCUT2D eigenvalue weighted by Gasteiger charge is 2.05.